The first kappa shape index (κ1) is 54.9. The van der Waals surface area contributed by atoms with E-state index in [-0.39, 0.29) is 19.6 Å². The zero-order valence-corrected chi connectivity index (χ0v) is 37.4. The van der Waals surface area contributed by atoms with E-state index in [0.717, 1.165) is 64.2 Å². The lowest BCUT2D eigenvalue weighted by atomic mass is 9.99. The maximum absolute atomic E-state index is 12.8. The molecule has 58 heavy (non-hydrogen) atoms. The second kappa shape index (κ2) is 37.6. The molecule has 1 heterocycles. The van der Waals surface area contributed by atoms with E-state index in [1.54, 1.807) is 0 Å². The molecule has 6 unspecified atom stereocenters. The molecule has 1 saturated heterocycles. The third-order valence-electron chi connectivity index (χ3n) is 10.9. The largest absolute Gasteiger partial charge is 0.457 e. The highest BCUT2D eigenvalue weighted by atomic mass is 32.3. The number of hydrogen-bond acceptors (Lipinski definition) is 11. The van der Waals surface area contributed by atoms with Gasteiger partial charge in [0.15, 0.2) is 6.29 Å². The maximum atomic E-state index is 12.8. The summed E-state index contributed by atoms with van der Waals surface area (Å²) in [5.41, 5.74) is 0. The molecule has 1 aliphatic rings. The molecule has 344 valence electrons. The monoisotopic (exact) mass is 851 g/mol. The summed E-state index contributed by atoms with van der Waals surface area (Å²) in [5, 5.41) is 30.6. The summed E-state index contributed by atoms with van der Waals surface area (Å²) in [4.78, 5) is 12.8. The first-order valence-corrected chi connectivity index (χ1v) is 24.8. The smallest absolute Gasteiger partial charge is 0.397 e. The van der Waals surface area contributed by atoms with Crippen LogP contribution >= 0.6 is 0 Å². The number of carbonyl (C=O) groups excluding carboxylic acids is 1. The highest BCUT2D eigenvalue weighted by Crippen LogP contribution is 2.26. The van der Waals surface area contributed by atoms with Gasteiger partial charge < -0.3 is 34.3 Å². The van der Waals surface area contributed by atoms with Gasteiger partial charge >= 0.3 is 16.4 Å². The Kier molecular flexibility index (Phi) is 35.6. The molecule has 1 rings (SSSR count). The van der Waals surface area contributed by atoms with Gasteiger partial charge in [-0.1, -0.05) is 180 Å². The Morgan fingerprint density at radius 1 is 0.638 bits per heavy atom. The number of aliphatic hydroxyl groups is 3. The van der Waals surface area contributed by atoms with Crippen LogP contribution in [0.3, 0.4) is 0 Å². The normalized spacial score (nSPS) is 20.6. The van der Waals surface area contributed by atoms with E-state index in [2.05, 4.69) is 30.2 Å². The fourth-order valence-electron chi connectivity index (χ4n) is 7.32. The lowest BCUT2D eigenvalue weighted by molar-refractivity contribution is -0.301. The first-order chi connectivity index (χ1) is 28.1. The van der Waals surface area contributed by atoms with Crippen molar-refractivity contribution in [1.82, 2.24) is 0 Å². The number of carbonyl (C=O) groups is 1. The van der Waals surface area contributed by atoms with Gasteiger partial charge in [-0.3, -0.25) is 9.35 Å². The van der Waals surface area contributed by atoms with Crippen LogP contribution in [-0.2, 0) is 38.3 Å². The second-order valence-electron chi connectivity index (χ2n) is 16.4. The third-order valence-corrected chi connectivity index (χ3v) is 11.3. The van der Waals surface area contributed by atoms with Gasteiger partial charge in [-0.15, -0.1) is 0 Å². The van der Waals surface area contributed by atoms with E-state index < -0.39 is 59.8 Å². The van der Waals surface area contributed by atoms with Gasteiger partial charge in [-0.25, -0.2) is 4.18 Å². The minimum Gasteiger partial charge on any atom is -0.457 e. The SMILES string of the molecule is CCC/C=C\CCCCCCCC(=O)OC(COCCCCCCCCCCCCCCCCCCCCCCC)COC1OC(CO)C(O)C(OS(=O)(=O)O)C1O. The van der Waals surface area contributed by atoms with Crippen molar-refractivity contribution >= 4 is 16.4 Å². The highest BCUT2D eigenvalue weighted by Gasteiger charge is 2.48. The minimum absolute atomic E-state index is 0.0380. The van der Waals surface area contributed by atoms with Crippen molar-refractivity contribution in [3.63, 3.8) is 0 Å². The van der Waals surface area contributed by atoms with Crippen LogP contribution in [0.5, 0.6) is 0 Å². The Balaban J connectivity index is 2.33. The van der Waals surface area contributed by atoms with Crippen molar-refractivity contribution < 1.29 is 56.2 Å². The van der Waals surface area contributed by atoms with Gasteiger partial charge in [-0.2, -0.15) is 8.42 Å². The standard InChI is InChI=1S/C45H86O12S/c1-3-5-7-9-11-13-15-16-17-18-19-20-21-22-23-24-25-27-29-31-33-35-53-37-39(55-41(47)34-32-30-28-26-14-12-10-8-6-4-2)38-54-45-43(49)44(57-58(50,51)52)42(48)40(36-46)56-45/h8,10,39-40,42-46,48-49H,3-7,9,11-38H2,1-2H3,(H,50,51,52)/b10-8-. The highest BCUT2D eigenvalue weighted by molar-refractivity contribution is 7.80. The van der Waals surface area contributed by atoms with Crippen LogP contribution in [0.2, 0.25) is 0 Å². The minimum atomic E-state index is -5.06. The molecule has 0 aromatic heterocycles. The molecule has 4 N–H and O–H groups in total. The Morgan fingerprint density at radius 2 is 1.12 bits per heavy atom. The van der Waals surface area contributed by atoms with Crippen molar-refractivity contribution in [2.24, 2.45) is 0 Å². The number of ether oxygens (including phenoxy) is 4. The molecule has 13 heteroatoms. The molecule has 1 fully saturated rings. The molecule has 0 aromatic carbocycles. The van der Waals surface area contributed by atoms with Gasteiger partial charge in [0.1, 0.15) is 30.5 Å². The van der Waals surface area contributed by atoms with Crippen molar-refractivity contribution in [3.05, 3.63) is 12.2 Å². The number of hydrogen-bond donors (Lipinski definition) is 4. The van der Waals surface area contributed by atoms with Crippen LogP contribution < -0.4 is 0 Å². The molecule has 6 atom stereocenters. The average Bonchev–Trinajstić information content (AvgIpc) is 3.19. The van der Waals surface area contributed by atoms with Crippen molar-refractivity contribution in [2.75, 3.05) is 26.4 Å². The number of aliphatic hydroxyl groups excluding tert-OH is 3. The van der Waals surface area contributed by atoms with Gasteiger partial charge in [0, 0.05) is 13.0 Å². The predicted molar refractivity (Wildman–Crippen MR) is 230 cm³/mol. The van der Waals surface area contributed by atoms with E-state index in [1.807, 2.05) is 0 Å². The van der Waals surface area contributed by atoms with Gasteiger partial charge in [-0.05, 0) is 32.1 Å². The quantitative estimate of drug-likeness (QED) is 0.0198. The summed E-state index contributed by atoms with van der Waals surface area (Å²) >= 11 is 0. The Labute approximate surface area is 353 Å². The van der Waals surface area contributed by atoms with Gasteiger partial charge in [0.2, 0.25) is 0 Å². The molecular formula is C45H86O12S. The van der Waals surface area contributed by atoms with Gasteiger partial charge in [0.25, 0.3) is 0 Å². The third kappa shape index (κ3) is 30.8. The fourth-order valence-corrected chi connectivity index (χ4v) is 7.83. The summed E-state index contributed by atoms with van der Waals surface area (Å²) in [7, 11) is -5.06. The topological polar surface area (TPSA) is 178 Å². The molecule has 0 spiro atoms. The van der Waals surface area contributed by atoms with Crippen molar-refractivity contribution in [1.29, 1.82) is 0 Å². The molecule has 0 amide bonds. The predicted octanol–water partition coefficient (Wildman–Crippen LogP) is 9.86. The van der Waals surface area contributed by atoms with Crippen molar-refractivity contribution in [3.8, 4) is 0 Å². The second-order valence-corrected chi connectivity index (χ2v) is 17.4. The summed E-state index contributed by atoms with van der Waals surface area (Å²) < 4.78 is 59.0. The molecule has 0 bridgehead atoms. The zero-order chi connectivity index (χ0) is 42.5. The van der Waals surface area contributed by atoms with Crippen LogP contribution in [0.15, 0.2) is 12.2 Å². The van der Waals surface area contributed by atoms with Crippen LogP contribution in [0.25, 0.3) is 0 Å². The van der Waals surface area contributed by atoms with Gasteiger partial charge in [0.05, 0.1) is 19.8 Å². The molecule has 12 nitrogen and oxygen atoms in total. The Bertz CT molecular complexity index is 1070. The van der Waals surface area contributed by atoms with E-state index in [0.29, 0.717) is 13.0 Å². The average molecular weight is 851 g/mol. The lowest BCUT2D eigenvalue weighted by Gasteiger charge is -2.41. The lowest BCUT2D eigenvalue weighted by Crippen LogP contribution is -2.60. The number of esters is 1. The van der Waals surface area contributed by atoms with E-state index in [1.165, 1.54) is 116 Å². The molecule has 1 aliphatic heterocycles. The molecule has 0 saturated carbocycles. The Hall–Kier alpha value is -1.16. The van der Waals surface area contributed by atoms with Crippen LogP contribution in [0, 0.1) is 0 Å². The fraction of sp³-hybridized carbons (Fsp3) is 0.933. The van der Waals surface area contributed by atoms with E-state index in [9.17, 15) is 28.5 Å². The molecular weight excluding hydrogens is 765 g/mol. The zero-order valence-electron chi connectivity index (χ0n) is 36.6. The number of rotatable bonds is 41. The summed E-state index contributed by atoms with van der Waals surface area (Å²) in [5.74, 6) is -0.407. The molecule has 0 aromatic rings. The molecule has 0 aliphatic carbocycles. The summed E-state index contributed by atoms with van der Waals surface area (Å²) in [6, 6.07) is 0. The van der Waals surface area contributed by atoms with Crippen molar-refractivity contribution in [2.45, 2.75) is 243 Å². The summed E-state index contributed by atoms with van der Waals surface area (Å²) in [6.07, 6.45) is 31.2. The van der Waals surface area contributed by atoms with E-state index in [4.69, 9.17) is 23.5 Å². The molecule has 0 radical (unpaired) electrons. The summed E-state index contributed by atoms with van der Waals surface area (Å²) in [6.45, 7) is 3.94. The number of unbranched alkanes of at least 4 members (excludes halogenated alkanes) is 26. The maximum Gasteiger partial charge on any atom is 0.397 e. The number of allylic oxidation sites excluding steroid dienone is 2. The Morgan fingerprint density at radius 3 is 1.62 bits per heavy atom. The van der Waals surface area contributed by atoms with Crippen LogP contribution in [-0.4, -0.2) is 97.5 Å². The first-order valence-electron chi connectivity index (χ1n) is 23.4. The van der Waals surface area contributed by atoms with Crippen LogP contribution in [0.4, 0.5) is 0 Å². The van der Waals surface area contributed by atoms with E-state index >= 15 is 0 Å². The van der Waals surface area contributed by atoms with Crippen LogP contribution in [0.1, 0.15) is 206 Å².